The van der Waals surface area contributed by atoms with Gasteiger partial charge < -0.3 is 5.11 Å². The summed E-state index contributed by atoms with van der Waals surface area (Å²) in [7, 11) is 0. The monoisotopic (exact) mass is 148 g/mol. The average molecular weight is 148 g/mol. The van der Waals surface area contributed by atoms with Gasteiger partial charge in [0.25, 0.3) is 0 Å². The second kappa shape index (κ2) is 3.21. The van der Waals surface area contributed by atoms with Gasteiger partial charge in [0, 0.05) is 5.56 Å². The Morgan fingerprint density at radius 1 is 1.45 bits per heavy atom. The van der Waals surface area contributed by atoms with Crippen molar-refractivity contribution < 1.29 is 5.11 Å². The first-order chi connectivity index (χ1) is 5.25. The van der Waals surface area contributed by atoms with E-state index < -0.39 is 6.04 Å². The summed E-state index contributed by atoms with van der Waals surface area (Å²) in [6.45, 7) is 3.48. The highest BCUT2D eigenvalue weighted by molar-refractivity contribution is 5.35. The van der Waals surface area contributed by atoms with E-state index in [2.05, 4.69) is 6.58 Å². The first kappa shape index (κ1) is 7.82. The molecule has 0 fully saturated rings. The van der Waals surface area contributed by atoms with Gasteiger partial charge >= 0.3 is 0 Å². The van der Waals surface area contributed by atoms with Gasteiger partial charge in [-0.1, -0.05) is 24.3 Å². The van der Waals surface area contributed by atoms with E-state index in [0.717, 1.165) is 0 Å². The van der Waals surface area contributed by atoms with Gasteiger partial charge in [-0.25, -0.2) is 5.73 Å². The van der Waals surface area contributed by atoms with Crippen LogP contribution in [0.15, 0.2) is 36.9 Å². The Morgan fingerprint density at radius 3 is 2.64 bits per heavy atom. The highest BCUT2D eigenvalue weighted by Crippen LogP contribution is 2.22. The molecule has 1 atom stereocenters. The van der Waals surface area contributed by atoms with Crippen molar-refractivity contribution in [3.05, 3.63) is 42.5 Å². The fourth-order valence-corrected chi connectivity index (χ4v) is 0.877. The first-order valence-corrected chi connectivity index (χ1v) is 3.37. The molecule has 0 amide bonds. The number of hydrogen-bond donors (Lipinski definition) is 1. The first-order valence-electron chi connectivity index (χ1n) is 3.37. The zero-order valence-electron chi connectivity index (χ0n) is 6.12. The molecule has 11 heavy (non-hydrogen) atoms. The lowest BCUT2D eigenvalue weighted by Crippen LogP contribution is -1.94. The van der Waals surface area contributed by atoms with Crippen LogP contribution in [0.4, 0.5) is 0 Å². The van der Waals surface area contributed by atoms with Crippen molar-refractivity contribution in [1.29, 1.82) is 0 Å². The number of nitrogens with one attached hydrogen (secondary N) is 1. The molecule has 2 heteroatoms. The predicted molar refractivity (Wildman–Crippen MR) is 44.1 cm³/mol. The Kier molecular flexibility index (Phi) is 2.28. The Labute approximate surface area is 66.0 Å². The van der Waals surface area contributed by atoms with E-state index in [9.17, 15) is 5.11 Å². The average Bonchev–Trinajstić information content (AvgIpc) is 2.04. The van der Waals surface area contributed by atoms with Crippen LogP contribution in [-0.4, -0.2) is 5.11 Å². The van der Waals surface area contributed by atoms with Crippen molar-refractivity contribution in [2.75, 3.05) is 0 Å². The third-order valence-corrected chi connectivity index (χ3v) is 1.51. The lowest BCUT2D eigenvalue weighted by atomic mass is 10.1. The van der Waals surface area contributed by atoms with Crippen LogP contribution in [0.25, 0.3) is 0 Å². The maximum absolute atomic E-state index is 9.24. The van der Waals surface area contributed by atoms with Crippen LogP contribution >= 0.6 is 0 Å². The van der Waals surface area contributed by atoms with E-state index in [1.165, 1.54) is 6.08 Å². The zero-order chi connectivity index (χ0) is 8.27. The van der Waals surface area contributed by atoms with Crippen LogP contribution in [0.2, 0.25) is 0 Å². The quantitative estimate of drug-likeness (QED) is 0.639. The minimum Gasteiger partial charge on any atom is -0.508 e. The van der Waals surface area contributed by atoms with E-state index in [1.54, 1.807) is 24.3 Å². The van der Waals surface area contributed by atoms with Crippen molar-refractivity contribution in [3.8, 4) is 5.75 Å². The highest BCUT2D eigenvalue weighted by atomic mass is 16.3. The van der Waals surface area contributed by atoms with Crippen molar-refractivity contribution in [2.24, 2.45) is 0 Å². The molecule has 0 aliphatic heterocycles. The molecule has 57 valence electrons. The Bertz CT molecular complexity index is 257. The molecule has 2 nitrogen and oxygen atoms in total. The number of benzene rings is 1. The molecular weight excluding hydrogens is 138 g/mol. The van der Waals surface area contributed by atoms with Gasteiger partial charge in [0.15, 0.2) is 0 Å². The maximum Gasteiger partial charge on any atom is 0.120 e. The molecule has 0 heterocycles. The predicted octanol–water partition coefficient (Wildman–Crippen LogP) is 1.90. The van der Waals surface area contributed by atoms with E-state index in [-0.39, 0.29) is 5.75 Å². The second-order valence-corrected chi connectivity index (χ2v) is 2.27. The maximum atomic E-state index is 9.24. The van der Waals surface area contributed by atoms with Gasteiger partial charge in [-0.3, -0.25) is 0 Å². The Balaban J connectivity index is 3.02. The SMILES string of the molecule is C=CC([NH])c1ccccc1O. The molecule has 0 spiro atoms. The van der Waals surface area contributed by atoms with Gasteiger partial charge in [0.1, 0.15) is 5.75 Å². The molecule has 2 N–H and O–H groups in total. The minimum atomic E-state index is -0.531. The molecule has 1 aromatic rings. The second-order valence-electron chi connectivity index (χ2n) is 2.27. The molecule has 1 radical (unpaired) electrons. The smallest absolute Gasteiger partial charge is 0.120 e. The van der Waals surface area contributed by atoms with E-state index in [1.807, 2.05) is 0 Å². The number of rotatable bonds is 2. The van der Waals surface area contributed by atoms with Gasteiger partial charge in [-0.05, 0) is 6.07 Å². The summed E-state index contributed by atoms with van der Waals surface area (Å²) < 4.78 is 0. The fourth-order valence-electron chi connectivity index (χ4n) is 0.877. The van der Waals surface area contributed by atoms with Crippen LogP contribution in [0.5, 0.6) is 5.75 Å². The molecule has 1 unspecified atom stereocenters. The number of aromatic hydroxyl groups is 1. The molecule has 0 saturated heterocycles. The molecule has 1 aromatic carbocycles. The summed E-state index contributed by atoms with van der Waals surface area (Å²) >= 11 is 0. The van der Waals surface area contributed by atoms with Crippen LogP contribution in [0, 0.1) is 0 Å². The van der Waals surface area contributed by atoms with Crippen LogP contribution in [0.3, 0.4) is 0 Å². The fraction of sp³-hybridized carbons (Fsp3) is 0.111. The van der Waals surface area contributed by atoms with Gasteiger partial charge in [0.05, 0.1) is 6.04 Å². The number of phenols is 1. The summed E-state index contributed by atoms with van der Waals surface area (Å²) in [5.74, 6) is 0.160. The van der Waals surface area contributed by atoms with Gasteiger partial charge in [-0.2, -0.15) is 0 Å². The number of phenolic OH excluding ortho intramolecular Hbond substituents is 1. The molecule has 0 bridgehead atoms. The van der Waals surface area contributed by atoms with Gasteiger partial charge in [0.2, 0.25) is 0 Å². The Hall–Kier alpha value is -1.28. The Morgan fingerprint density at radius 2 is 2.09 bits per heavy atom. The molecule has 1 rings (SSSR count). The van der Waals surface area contributed by atoms with Gasteiger partial charge in [-0.15, -0.1) is 6.58 Å². The van der Waals surface area contributed by atoms with Crippen molar-refractivity contribution in [1.82, 2.24) is 5.73 Å². The standard InChI is InChI=1S/C9H10NO/c1-2-8(10)7-5-3-4-6-9(7)11/h2-6,8,10-11H,1H2. The summed E-state index contributed by atoms with van der Waals surface area (Å²) in [6.07, 6.45) is 1.48. The molecule has 0 saturated carbocycles. The van der Waals surface area contributed by atoms with Crippen molar-refractivity contribution in [2.45, 2.75) is 6.04 Å². The third-order valence-electron chi connectivity index (χ3n) is 1.51. The number of hydrogen-bond acceptors (Lipinski definition) is 1. The van der Waals surface area contributed by atoms with E-state index in [0.29, 0.717) is 5.56 Å². The summed E-state index contributed by atoms with van der Waals surface area (Å²) in [5.41, 5.74) is 8.02. The van der Waals surface area contributed by atoms with Crippen LogP contribution in [0.1, 0.15) is 11.6 Å². The van der Waals surface area contributed by atoms with E-state index >= 15 is 0 Å². The number of para-hydroxylation sites is 1. The van der Waals surface area contributed by atoms with Crippen molar-refractivity contribution in [3.63, 3.8) is 0 Å². The zero-order valence-corrected chi connectivity index (χ0v) is 6.12. The summed E-state index contributed by atoms with van der Waals surface area (Å²) in [5, 5.41) is 9.24. The highest BCUT2D eigenvalue weighted by Gasteiger charge is 2.05. The largest absolute Gasteiger partial charge is 0.508 e. The third kappa shape index (κ3) is 1.59. The van der Waals surface area contributed by atoms with E-state index in [4.69, 9.17) is 5.73 Å². The lowest BCUT2D eigenvalue weighted by molar-refractivity contribution is 0.465. The summed E-state index contributed by atoms with van der Waals surface area (Å²) in [6, 6.07) is 6.28. The molecule has 0 aliphatic carbocycles. The molecular formula is C9H10NO. The van der Waals surface area contributed by atoms with Crippen molar-refractivity contribution >= 4 is 0 Å². The normalized spacial score (nSPS) is 12.5. The van der Waals surface area contributed by atoms with Crippen LogP contribution in [-0.2, 0) is 0 Å². The minimum absolute atomic E-state index is 0.160. The van der Waals surface area contributed by atoms with Crippen LogP contribution < -0.4 is 5.73 Å². The molecule has 0 aliphatic rings. The molecule has 0 aromatic heterocycles. The lowest BCUT2D eigenvalue weighted by Gasteiger charge is -2.06. The topological polar surface area (TPSA) is 44.0 Å². The summed E-state index contributed by atoms with van der Waals surface area (Å²) in [4.78, 5) is 0.